The lowest BCUT2D eigenvalue weighted by molar-refractivity contribution is 0.944. The summed E-state index contributed by atoms with van der Waals surface area (Å²) in [5, 5.41) is 3.76. The number of aromatic nitrogens is 6. The summed E-state index contributed by atoms with van der Waals surface area (Å²) in [5.74, 6) is 1.15. The Kier molecular flexibility index (Phi) is 5.33. The Bertz CT molecular complexity index is 1340. The molecule has 0 aliphatic rings. The number of nitrogens with two attached hydrogens (primary N) is 1. The first kappa shape index (κ1) is 19.1. The lowest BCUT2D eigenvalue weighted by Crippen LogP contribution is -2.15. The molecule has 0 aliphatic heterocycles. The summed E-state index contributed by atoms with van der Waals surface area (Å²) in [6.45, 7) is 2.23. The number of fused-ring (bicyclic) bond motifs is 2. The van der Waals surface area contributed by atoms with Gasteiger partial charge in [-0.15, -0.1) is 0 Å². The summed E-state index contributed by atoms with van der Waals surface area (Å²) in [5.41, 5.74) is 8.92. The van der Waals surface area contributed by atoms with Gasteiger partial charge in [-0.1, -0.05) is 30.3 Å². The van der Waals surface area contributed by atoms with Crippen molar-refractivity contribution in [3.05, 3.63) is 82.9 Å². The quantitative estimate of drug-likeness (QED) is 0.342. The molecule has 0 bridgehead atoms. The molecule has 3 aromatic heterocycles. The van der Waals surface area contributed by atoms with Gasteiger partial charge in [0.2, 0.25) is 0 Å². The van der Waals surface area contributed by atoms with Crippen LogP contribution in [0.4, 0.5) is 11.5 Å². The molecule has 0 atom stereocenters. The highest BCUT2D eigenvalue weighted by Crippen LogP contribution is 2.15. The van der Waals surface area contributed by atoms with Gasteiger partial charge in [0.15, 0.2) is 11.5 Å². The molecule has 3 heterocycles. The number of hydrogen-bond acceptors (Lipinski definition) is 7. The van der Waals surface area contributed by atoms with Crippen LogP contribution in [0.1, 0.15) is 11.4 Å². The highest BCUT2D eigenvalue weighted by atomic mass is 16.1. The van der Waals surface area contributed by atoms with Gasteiger partial charge in [0.25, 0.3) is 5.56 Å². The maximum Gasteiger partial charge on any atom is 0.259 e. The second kappa shape index (κ2) is 8.39. The molecule has 0 unspecified atom stereocenters. The molecule has 0 amide bonds. The summed E-state index contributed by atoms with van der Waals surface area (Å²) in [7, 11) is 0. The number of hydrogen-bond donors (Lipinski definition) is 4. The molecule has 0 fully saturated rings. The summed E-state index contributed by atoms with van der Waals surface area (Å²) in [6, 6.07) is 15.1. The predicted octanol–water partition coefficient (Wildman–Crippen LogP) is 2.78. The summed E-state index contributed by atoms with van der Waals surface area (Å²) >= 11 is 0. The molecule has 5 N–H and O–H groups in total. The molecular formula is C21H20N8O. The van der Waals surface area contributed by atoms with Crippen LogP contribution in [0.15, 0.2) is 66.0 Å². The number of anilines is 2. The number of nitrogens with one attached hydrogen (secondary N) is 3. The van der Waals surface area contributed by atoms with Gasteiger partial charge >= 0.3 is 0 Å². The Hall–Kier alpha value is -4.27. The lowest BCUT2D eigenvalue weighted by atomic mass is 10.1. The molecule has 0 saturated heterocycles. The highest BCUT2D eigenvalue weighted by Gasteiger charge is 2.08. The normalized spacial score (nSPS) is 10.6. The van der Waals surface area contributed by atoms with Crippen LogP contribution in [0.25, 0.3) is 22.1 Å². The average Bonchev–Trinajstić information content (AvgIpc) is 3.23. The van der Waals surface area contributed by atoms with Crippen molar-refractivity contribution in [1.82, 2.24) is 29.9 Å². The third-order valence-corrected chi connectivity index (χ3v) is 4.44. The molecule has 5 aromatic rings. The van der Waals surface area contributed by atoms with Gasteiger partial charge in [-0.3, -0.25) is 4.79 Å². The third kappa shape index (κ3) is 4.09. The van der Waals surface area contributed by atoms with E-state index in [4.69, 9.17) is 5.73 Å². The number of rotatable bonds is 3. The fraction of sp³-hybridized carbons (Fsp3) is 0.0952. The first-order valence-electron chi connectivity index (χ1n) is 9.29. The minimum atomic E-state index is -0.140. The van der Waals surface area contributed by atoms with E-state index in [0.29, 0.717) is 40.3 Å². The fourth-order valence-electron chi connectivity index (χ4n) is 3.01. The second-order valence-corrected chi connectivity index (χ2v) is 6.57. The maximum atomic E-state index is 12.2. The minimum Gasteiger partial charge on any atom is -0.399 e. The first-order chi connectivity index (χ1) is 14.6. The number of para-hydroxylation sites is 1. The molecule has 0 spiro atoms. The molecule has 9 heteroatoms. The van der Waals surface area contributed by atoms with Gasteiger partial charge in [0.1, 0.15) is 17.7 Å². The third-order valence-electron chi connectivity index (χ3n) is 4.44. The number of nitrogens with zero attached hydrogens (tertiary/aromatic N) is 4. The van der Waals surface area contributed by atoms with Crippen LogP contribution in [0, 0.1) is 6.92 Å². The van der Waals surface area contributed by atoms with E-state index in [9.17, 15) is 4.79 Å². The molecule has 0 radical (unpaired) electrons. The molecule has 2 aromatic carbocycles. The van der Waals surface area contributed by atoms with Crippen LogP contribution in [0.3, 0.4) is 0 Å². The first-order valence-corrected chi connectivity index (χ1v) is 9.29. The smallest absolute Gasteiger partial charge is 0.259 e. The van der Waals surface area contributed by atoms with Crippen molar-refractivity contribution in [2.45, 2.75) is 13.5 Å². The van der Waals surface area contributed by atoms with Crippen molar-refractivity contribution in [3.63, 3.8) is 0 Å². The number of benzene rings is 2. The van der Waals surface area contributed by atoms with Crippen molar-refractivity contribution in [3.8, 4) is 0 Å². The van der Waals surface area contributed by atoms with E-state index in [0.717, 1.165) is 11.3 Å². The molecule has 0 aliphatic carbocycles. The fourth-order valence-corrected chi connectivity index (χ4v) is 3.01. The lowest BCUT2D eigenvalue weighted by Gasteiger charge is -2.07. The van der Waals surface area contributed by atoms with Crippen molar-refractivity contribution in [1.29, 1.82) is 0 Å². The molecular weight excluding hydrogens is 380 g/mol. The number of aryl methyl sites for hydroxylation is 1. The van der Waals surface area contributed by atoms with Crippen LogP contribution in [0.2, 0.25) is 0 Å². The van der Waals surface area contributed by atoms with E-state index in [1.807, 2.05) is 55.5 Å². The van der Waals surface area contributed by atoms with E-state index in [-0.39, 0.29) is 5.56 Å². The number of imidazole rings is 1. The topological polar surface area (TPSA) is 138 Å². The van der Waals surface area contributed by atoms with Gasteiger partial charge < -0.3 is 21.0 Å². The zero-order valence-electron chi connectivity index (χ0n) is 16.3. The van der Waals surface area contributed by atoms with E-state index in [1.165, 1.54) is 6.33 Å². The van der Waals surface area contributed by atoms with Gasteiger partial charge in [-0.2, -0.15) is 0 Å². The number of H-pyrrole nitrogens is 2. The SMILES string of the molecule is Cc1cccc2nc(CNc3ncnc4nc[nH]c34)[nH]c(=O)c12.Nc1ccccc1. The second-order valence-electron chi connectivity index (χ2n) is 6.57. The molecule has 30 heavy (non-hydrogen) atoms. The van der Waals surface area contributed by atoms with E-state index >= 15 is 0 Å². The van der Waals surface area contributed by atoms with E-state index in [2.05, 4.69) is 35.2 Å². The van der Waals surface area contributed by atoms with E-state index in [1.54, 1.807) is 6.33 Å². The molecule has 9 nitrogen and oxygen atoms in total. The Balaban J connectivity index is 0.000000265. The summed E-state index contributed by atoms with van der Waals surface area (Å²) in [4.78, 5) is 34.8. The van der Waals surface area contributed by atoms with Gasteiger partial charge in [-0.05, 0) is 30.7 Å². The summed E-state index contributed by atoms with van der Waals surface area (Å²) < 4.78 is 0. The van der Waals surface area contributed by atoms with Crippen molar-refractivity contribution in [2.75, 3.05) is 11.1 Å². The van der Waals surface area contributed by atoms with Crippen LogP contribution in [-0.4, -0.2) is 29.9 Å². The standard InChI is InChI=1S/C15H13N7O.C6H7N/c1-8-3-2-4-9-11(8)15(23)22-10(21-9)5-16-13-12-14(18-6-17-12)20-7-19-13;7-6-4-2-1-3-5-6/h2-4,6-7H,5H2,1H3,(H,21,22,23)(H2,16,17,18,19,20);1-5H,7H2. The van der Waals surface area contributed by atoms with Gasteiger partial charge in [-0.25, -0.2) is 19.9 Å². The Morgan fingerprint density at radius 2 is 1.87 bits per heavy atom. The Morgan fingerprint density at radius 1 is 1.03 bits per heavy atom. The van der Waals surface area contributed by atoms with Crippen molar-refractivity contribution in [2.24, 2.45) is 0 Å². The average molecular weight is 400 g/mol. The van der Waals surface area contributed by atoms with Crippen LogP contribution < -0.4 is 16.6 Å². The number of aromatic amines is 2. The van der Waals surface area contributed by atoms with Crippen molar-refractivity contribution < 1.29 is 0 Å². The van der Waals surface area contributed by atoms with Crippen molar-refractivity contribution >= 4 is 33.6 Å². The van der Waals surface area contributed by atoms with Gasteiger partial charge in [0.05, 0.1) is 23.8 Å². The van der Waals surface area contributed by atoms with Gasteiger partial charge in [0, 0.05) is 5.69 Å². The Labute approximate surface area is 171 Å². The zero-order valence-corrected chi connectivity index (χ0v) is 16.3. The van der Waals surface area contributed by atoms with Crippen LogP contribution in [-0.2, 0) is 6.54 Å². The summed E-state index contributed by atoms with van der Waals surface area (Å²) in [6.07, 6.45) is 2.99. The molecule has 150 valence electrons. The molecule has 0 saturated carbocycles. The minimum absolute atomic E-state index is 0.140. The molecule has 5 rings (SSSR count). The van der Waals surface area contributed by atoms with E-state index < -0.39 is 0 Å². The zero-order chi connectivity index (χ0) is 20.9. The highest BCUT2D eigenvalue weighted by molar-refractivity contribution is 5.82. The van der Waals surface area contributed by atoms with Crippen LogP contribution >= 0.6 is 0 Å². The maximum absolute atomic E-state index is 12.2. The predicted molar refractivity (Wildman–Crippen MR) is 117 cm³/mol. The monoisotopic (exact) mass is 400 g/mol. The van der Waals surface area contributed by atoms with Crippen LogP contribution in [0.5, 0.6) is 0 Å². The Morgan fingerprint density at radius 3 is 2.63 bits per heavy atom. The largest absolute Gasteiger partial charge is 0.399 e. The number of nitrogen functional groups attached to an aromatic ring is 1.